The lowest BCUT2D eigenvalue weighted by atomic mass is 10.2. The molecule has 1 heterocycles. The third kappa shape index (κ3) is 3.93. The standard InChI is InChI=1S/C18H10ClF3N4O/c19-15-4-2-1-3-14(15)17(27)24-11-5-7-12(8-6-11)26-13(10-23)9-16(25-26)18(20,21)22/h1-9H,(H,24,27). The number of alkyl halides is 3. The van der Waals surface area contributed by atoms with Gasteiger partial charge in [-0.3, -0.25) is 4.79 Å². The fourth-order valence-corrected chi connectivity index (χ4v) is 2.55. The smallest absolute Gasteiger partial charge is 0.322 e. The van der Waals surface area contributed by atoms with Gasteiger partial charge in [-0.1, -0.05) is 23.7 Å². The van der Waals surface area contributed by atoms with E-state index in [9.17, 15) is 18.0 Å². The number of amides is 1. The van der Waals surface area contributed by atoms with Gasteiger partial charge >= 0.3 is 6.18 Å². The predicted octanol–water partition coefficient (Wildman–Crippen LogP) is 4.67. The number of carbonyl (C=O) groups excluding carboxylic acids is 1. The molecule has 0 bridgehead atoms. The summed E-state index contributed by atoms with van der Waals surface area (Å²) in [5.41, 5.74) is -0.467. The zero-order chi connectivity index (χ0) is 19.6. The molecule has 0 aliphatic carbocycles. The van der Waals surface area contributed by atoms with Crippen LogP contribution in [0.5, 0.6) is 0 Å². The molecule has 1 amide bonds. The van der Waals surface area contributed by atoms with Crippen molar-refractivity contribution in [3.05, 3.63) is 76.6 Å². The van der Waals surface area contributed by atoms with Crippen molar-refractivity contribution in [1.29, 1.82) is 5.26 Å². The molecule has 27 heavy (non-hydrogen) atoms. The molecule has 5 nitrogen and oxygen atoms in total. The van der Waals surface area contributed by atoms with E-state index in [-0.39, 0.29) is 16.9 Å². The molecule has 0 aliphatic heterocycles. The van der Waals surface area contributed by atoms with Gasteiger partial charge in [0, 0.05) is 11.8 Å². The van der Waals surface area contributed by atoms with E-state index >= 15 is 0 Å². The molecular weight excluding hydrogens is 381 g/mol. The van der Waals surface area contributed by atoms with Crippen LogP contribution in [0.25, 0.3) is 5.69 Å². The number of benzene rings is 2. The number of carbonyl (C=O) groups is 1. The van der Waals surface area contributed by atoms with Gasteiger partial charge in [0.25, 0.3) is 5.91 Å². The van der Waals surface area contributed by atoms with Crippen molar-refractivity contribution in [3.8, 4) is 11.8 Å². The van der Waals surface area contributed by atoms with Crippen LogP contribution >= 0.6 is 11.6 Å². The van der Waals surface area contributed by atoms with Crippen molar-refractivity contribution in [2.45, 2.75) is 6.18 Å². The molecule has 0 radical (unpaired) electrons. The summed E-state index contributed by atoms with van der Waals surface area (Å²) in [7, 11) is 0. The Hall–Kier alpha value is -3.31. The molecule has 0 saturated heterocycles. The molecule has 2 aromatic carbocycles. The lowest BCUT2D eigenvalue weighted by Crippen LogP contribution is -2.12. The number of nitriles is 1. The zero-order valence-corrected chi connectivity index (χ0v) is 14.2. The second kappa shape index (κ2) is 7.13. The highest BCUT2D eigenvalue weighted by atomic mass is 35.5. The summed E-state index contributed by atoms with van der Waals surface area (Å²) in [5, 5.41) is 15.4. The molecule has 3 rings (SSSR count). The van der Waals surface area contributed by atoms with E-state index in [4.69, 9.17) is 16.9 Å². The predicted molar refractivity (Wildman–Crippen MR) is 92.7 cm³/mol. The van der Waals surface area contributed by atoms with E-state index in [1.54, 1.807) is 30.3 Å². The summed E-state index contributed by atoms with van der Waals surface area (Å²) in [5.74, 6) is -0.426. The van der Waals surface area contributed by atoms with E-state index in [0.29, 0.717) is 16.8 Å². The van der Waals surface area contributed by atoms with Crippen LogP contribution in [0, 0.1) is 11.3 Å². The highest BCUT2D eigenvalue weighted by molar-refractivity contribution is 6.34. The largest absolute Gasteiger partial charge is 0.435 e. The van der Waals surface area contributed by atoms with Gasteiger partial charge in [-0.05, 0) is 36.4 Å². The van der Waals surface area contributed by atoms with E-state index in [2.05, 4.69) is 10.4 Å². The molecule has 136 valence electrons. The average Bonchev–Trinajstić information content (AvgIpc) is 3.07. The van der Waals surface area contributed by atoms with Crippen LogP contribution in [-0.4, -0.2) is 15.7 Å². The van der Waals surface area contributed by atoms with E-state index in [1.807, 2.05) is 0 Å². The van der Waals surface area contributed by atoms with Gasteiger partial charge in [-0.15, -0.1) is 0 Å². The second-order valence-corrected chi connectivity index (χ2v) is 5.82. The minimum atomic E-state index is -4.65. The summed E-state index contributed by atoms with van der Waals surface area (Å²) in [6.07, 6.45) is -4.65. The summed E-state index contributed by atoms with van der Waals surface area (Å²) in [4.78, 5) is 12.2. The number of hydrogen-bond acceptors (Lipinski definition) is 3. The Labute approximate surface area is 156 Å². The van der Waals surface area contributed by atoms with Crippen LogP contribution in [0.3, 0.4) is 0 Å². The summed E-state index contributed by atoms with van der Waals surface area (Å²) in [6.45, 7) is 0. The van der Waals surface area contributed by atoms with Gasteiger partial charge in [-0.2, -0.15) is 23.5 Å². The Balaban J connectivity index is 1.84. The number of anilines is 1. The molecule has 9 heteroatoms. The fourth-order valence-electron chi connectivity index (χ4n) is 2.33. The van der Waals surface area contributed by atoms with Crippen LogP contribution in [0.1, 0.15) is 21.7 Å². The van der Waals surface area contributed by atoms with Gasteiger partial charge < -0.3 is 5.32 Å². The van der Waals surface area contributed by atoms with Crippen LogP contribution in [0.2, 0.25) is 5.02 Å². The SMILES string of the molecule is N#Cc1cc(C(F)(F)F)nn1-c1ccc(NC(=O)c2ccccc2Cl)cc1. The number of halogens is 4. The van der Waals surface area contributed by atoms with E-state index in [1.165, 1.54) is 24.3 Å². The molecule has 0 saturated carbocycles. The first kappa shape index (κ1) is 18.5. The third-order valence-corrected chi connectivity index (χ3v) is 3.93. The Kier molecular flexibility index (Phi) is 4.88. The number of hydrogen-bond donors (Lipinski definition) is 1. The topological polar surface area (TPSA) is 70.7 Å². The quantitative estimate of drug-likeness (QED) is 0.706. The number of aromatic nitrogens is 2. The normalized spacial score (nSPS) is 11.1. The maximum Gasteiger partial charge on any atom is 0.435 e. The van der Waals surface area contributed by atoms with Gasteiger partial charge in [0.15, 0.2) is 5.69 Å². The first-order valence-electron chi connectivity index (χ1n) is 7.53. The first-order valence-corrected chi connectivity index (χ1v) is 7.91. The average molecular weight is 391 g/mol. The van der Waals surface area contributed by atoms with Crippen molar-refractivity contribution < 1.29 is 18.0 Å². The van der Waals surface area contributed by atoms with Crippen LogP contribution in [0.15, 0.2) is 54.6 Å². The molecule has 0 aliphatic rings. The summed E-state index contributed by atoms with van der Waals surface area (Å²) >= 11 is 5.97. The minimum absolute atomic E-state index is 0.248. The monoisotopic (exact) mass is 390 g/mol. The molecule has 0 atom stereocenters. The van der Waals surface area contributed by atoms with Crippen molar-refractivity contribution in [3.63, 3.8) is 0 Å². The van der Waals surface area contributed by atoms with Gasteiger partial charge in [-0.25, -0.2) is 4.68 Å². The second-order valence-electron chi connectivity index (χ2n) is 5.42. The minimum Gasteiger partial charge on any atom is -0.322 e. The Morgan fingerprint density at radius 3 is 2.41 bits per heavy atom. The van der Waals surface area contributed by atoms with Crippen LogP contribution in [-0.2, 0) is 6.18 Å². The fraction of sp³-hybridized carbons (Fsp3) is 0.0556. The summed E-state index contributed by atoms with van der Waals surface area (Å²) < 4.78 is 39.3. The maximum atomic E-state index is 12.8. The Morgan fingerprint density at radius 2 is 1.81 bits per heavy atom. The number of nitrogens with zero attached hydrogens (tertiary/aromatic N) is 3. The maximum absolute atomic E-state index is 12.8. The molecule has 3 aromatic rings. The molecular formula is C18H10ClF3N4O. The highest BCUT2D eigenvalue weighted by Crippen LogP contribution is 2.29. The van der Waals surface area contributed by atoms with Crippen molar-refractivity contribution in [2.24, 2.45) is 0 Å². The lowest BCUT2D eigenvalue weighted by molar-refractivity contribution is -0.141. The zero-order valence-electron chi connectivity index (χ0n) is 13.5. The molecule has 0 fully saturated rings. The van der Waals surface area contributed by atoms with Crippen LogP contribution < -0.4 is 5.32 Å². The molecule has 1 aromatic heterocycles. The van der Waals surface area contributed by atoms with Gasteiger partial charge in [0.1, 0.15) is 11.8 Å². The first-order chi connectivity index (χ1) is 12.8. The molecule has 0 unspecified atom stereocenters. The van der Waals surface area contributed by atoms with Crippen molar-refractivity contribution in [2.75, 3.05) is 5.32 Å². The van der Waals surface area contributed by atoms with Crippen LogP contribution in [0.4, 0.5) is 18.9 Å². The van der Waals surface area contributed by atoms with Gasteiger partial charge in [0.05, 0.1) is 16.3 Å². The lowest BCUT2D eigenvalue weighted by Gasteiger charge is -2.08. The van der Waals surface area contributed by atoms with E-state index < -0.39 is 17.8 Å². The van der Waals surface area contributed by atoms with Crippen molar-refractivity contribution in [1.82, 2.24) is 9.78 Å². The van der Waals surface area contributed by atoms with Crippen molar-refractivity contribution >= 4 is 23.2 Å². The molecule has 0 spiro atoms. The third-order valence-electron chi connectivity index (χ3n) is 3.60. The molecule has 1 N–H and O–H groups in total. The van der Waals surface area contributed by atoms with Gasteiger partial charge in [0.2, 0.25) is 0 Å². The highest BCUT2D eigenvalue weighted by Gasteiger charge is 2.35. The Morgan fingerprint density at radius 1 is 1.15 bits per heavy atom. The van der Waals surface area contributed by atoms with E-state index in [0.717, 1.165) is 4.68 Å². The Bertz CT molecular complexity index is 1040. The number of rotatable bonds is 3. The summed E-state index contributed by atoms with van der Waals surface area (Å²) in [6, 6.07) is 14.7. The number of nitrogens with one attached hydrogen (secondary N) is 1.